The summed E-state index contributed by atoms with van der Waals surface area (Å²) in [5, 5.41) is 13.1. The van der Waals surface area contributed by atoms with Gasteiger partial charge in [-0.25, -0.2) is 0 Å². The first-order valence-electron chi connectivity index (χ1n) is 11.6. The molecule has 0 aliphatic carbocycles. The van der Waals surface area contributed by atoms with Crippen LogP contribution in [0.1, 0.15) is 35.7 Å². The van der Waals surface area contributed by atoms with E-state index in [2.05, 4.69) is 22.4 Å². The zero-order valence-corrected chi connectivity index (χ0v) is 20.2. The van der Waals surface area contributed by atoms with Crippen molar-refractivity contribution in [3.05, 3.63) is 100 Å². The average Bonchev–Trinajstić information content (AvgIpc) is 3.32. The molecule has 0 fully saturated rings. The van der Waals surface area contributed by atoms with E-state index in [9.17, 15) is 9.59 Å². The predicted molar refractivity (Wildman–Crippen MR) is 140 cm³/mol. The minimum Gasteiger partial charge on any atom is -0.322 e. The van der Waals surface area contributed by atoms with Crippen LogP contribution in [0, 0.1) is 0 Å². The Morgan fingerprint density at radius 2 is 1.69 bits per heavy atom. The number of carbonyl (C=O) groups excluding carboxylic acids is 1. The van der Waals surface area contributed by atoms with Gasteiger partial charge in [0.25, 0.3) is 11.5 Å². The van der Waals surface area contributed by atoms with E-state index < -0.39 is 0 Å². The molecule has 0 bridgehead atoms. The van der Waals surface area contributed by atoms with E-state index in [1.54, 1.807) is 16.3 Å². The van der Waals surface area contributed by atoms with Crippen molar-refractivity contribution in [2.75, 3.05) is 5.32 Å². The van der Waals surface area contributed by atoms with E-state index in [-0.39, 0.29) is 11.5 Å². The Bertz CT molecular complexity index is 1540. The van der Waals surface area contributed by atoms with Crippen molar-refractivity contribution in [2.45, 2.75) is 37.2 Å². The molecule has 5 aromatic rings. The standard InChI is InChI=1S/C27H25N5O2S/c1-2-3-17-31-25(34)22-11-7-8-12-23(22)32-26(31)29-30-27(32)35-18-19-13-15-20(16-14-19)24(33)28-21-9-5-4-6-10-21/h4-16H,2-3,17-18H2,1H3,(H,28,33). The number of aromatic nitrogens is 4. The summed E-state index contributed by atoms with van der Waals surface area (Å²) in [4.78, 5) is 25.6. The van der Waals surface area contributed by atoms with Gasteiger partial charge in [0, 0.05) is 23.5 Å². The minimum absolute atomic E-state index is 0.0325. The Balaban J connectivity index is 1.38. The van der Waals surface area contributed by atoms with Crippen LogP contribution < -0.4 is 10.9 Å². The van der Waals surface area contributed by atoms with Gasteiger partial charge in [0.05, 0.1) is 10.9 Å². The molecule has 0 radical (unpaired) electrons. The lowest BCUT2D eigenvalue weighted by atomic mass is 10.1. The highest BCUT2D eigenvalue weighted by Crippen LogP contribution is 2.25. The molecule has 0 atom stereocenters. The first-order valence-corrected chi connectivity index (χ1v) is 12.6. The smallest absolute Gasteiger partial charge is 0.262 e. The molecule has 7 nitrogen and oxygen atoms in total. The molecule has 0 saturated carbocycles. The van der Waals surface area contributed by atoms with Crippen molar-refractivity contribution in [3.63, 3.8) is 0 Å². The van der Waals surface area contributed by atoms with Crippen LogP contribution in [0.3, 0.4) is 0 Å². The van der Waals surface area contributed by atoms with Gasteiger partial charge in [-0.15, -0.1) is 10.2 Å². The molecule has 1 N–H and O–H groups in total. The molecule has 176 valence electrons. The first kappa shape index (κ1) is 22.9. The summed E-state index contributed by atoms with van der Waals surface area (Å²) in [7, 11) is 0. The number of hydrogen-bond acceptors (Lipinski definition) is 5. The highest BCUT2D eigenvalue weighted by Gasteiger charge is 2.16. The monoisotopic (exact) mass is 483 g/mol. The van der Waals surface area contributed by atoms with Crippen LogP contribution in [-0.2, 0) is 12.3 Å². The number of nitrogens with zero attached hydrogens (tertiary/aromatic N) is 4. The molecular formula is C27H25N5O2S. The molecule has 2 heterocycles. The molecule has 5 rings (SSSR count). The maximum Gasteiger partial charge on any atom is 0.262 e. The Kier molecular flexibility index (Phi) is 6.63. The first-order chi connectivity index (χ1) is 17.2. The molecular weight excluding hydrogens is 458 g/mol. The van der Waals surface area contributed by atoms with Gasteiger partial charge < -0.3 is 5.32 Å². The molecule has 3 aromatic carbocycles. The molecule has 0 aliphatic heterocycles. The van der Waals surface area contributed by atoms with Gasteiger partial charge in [0.15, 0.2) is 5.16 Å². The van der Waals surface area contributed by atoms with Crippen LogP contribution in [-0.4, -0.2) is 25.1 Å². The van der Waals surface area contributed by atoms with Gasteiger partial charge >= 0.3 is 0 Å². The number of amides is 1. The molecule has 35 heavy (non-hydrogen) atoms. The number of aryl methyl sites for hydroxylation is 1. The van der Waals surface area contributed by atoms with Gasteiger partial charge in [-0.3, -0.25) is 18.6 Å². The number of thioether (sulfide) groups is 1. The van der Waals surface area contributed by atoms with E-state index in [1.807, 2.05) is 83.3 Å². The zero-order valence-electron chi connectivity index (χ0n) is 19.3. The average molecular weight is 484 g/mol. The number of benzene rings is 3. The Hall–Kier alpha value is -3.91. The summed E-state index contributed by atoms with van der Waals surface area (Å²) in [5.41, 5.74) is 3.20. The summed E-state index contributed by atoms with van der Waals surface area (Å²) >= 11 is 1.55. The molecule has 0 saturated heterocycles. The number of rotatable bonds is 8. The minimum atomic E-state index is -0.143. The zero-order chi connectivity index (χ0) is 24.2. The van der Waals surface area contributed by atoms with E-state index in [0.717, 1.165) is 34.8 Å². The molecule has 0 spiro atoms. The second-order valence-corrected chi connectivity index (χ2v) is 9.19. The quantitative estimate of drug-likeness (QED) is 0.299. The Labute approximate surface area is 206 Å². The molecule has 0 aliphatic rings. The number of anilines is 1. The van der Waals surface area contributed by atoms with Crippen LogP contribution >= 0.6 is 11.8 Å². The van der Waals surface area contributed by atoms with Crippen molar-refractivity contribution >= 4 is 40.0 Å². The van der Waals surface area contributed by atoms with Gasteiger partial charge in [-0.2, -0.15) is 0 Å². The molecule has 8 heteroatoms. The van der Waals surface area contributed by atoms with Crippen molar-refractivity contribution < 1.29 is 4.79 Å². The van der Waals surface area contributed by atoms with Crippen LogP contribution in [0.4, 0.5) is 5.69 Å². The fourth-order valence-corrected chi connectivity index (χ4v) is 4.87. The lowest BCUT2D eigenvalue weighted by molar-refractivity contribution is 0.102. The molecule has 1 amide bonds. The fraction of sp³-hybridized carbons (Fsp3) is 0.185. The van der Waals surface area contributed by atoms with E-state index >= 15 is 0 Å². The number of unbranched alkanes of at least 4 members (excludes halogenated alkanes) is 1. The molecule has 0 unspecified atom stereocenters. The predicted octanol–water partition coefficient (Wildman–Crippen LogP) is 5.39. The van der Waals surface area contributed by atoms with Crippen molar-refractivity contribution in [3.8, 4) is 0 Å². The van der Waals surface area contributed by atoms with Crippen LogP contribution in [0.15, 0.2) is 88.8 Å². The van der Waals surface area contributed by atoms with Gasteiger partial charge in [-0.1, -0.05) is 67.6 Å². The summed E-state index contributed by atoms with van der Waals surface area (Å²) in [6.45, 7) is 2.71. The van der Waals surface area contributed by atoms with Crippen molar-refractivity contribution in [1.82, 2.24) is 19.2 Å². The third kappa shape index (κ3) is 4.70. The third-order valence-electron chi connectivity index (χ3n) is 5.83. The van der Waals surface area contributed by atoms with Crippen molar-refractivity contribution in [2.24, 2.45) is 0 Å². The Morgan fingerprint density at radius 1 is 0.943 bits per heavy atom. The lowest BCUT2D eigenvalue weighted by Gasteiger charge is -2.11. The summed E-state index contributed by atoms with van der Waals surface area (Å²) in [5.74, 6) is 1.08. The van der Waals surface area contributed by atoms with Crippen molar-refractivity contribution in [1.29, 1.82) is 0 Å². The summed E-state index contributed by atoms with van der Waals surface area (Å²) in [6, 6.07) is 24.5. The van der Waals surface area contributed by atoms with Crippen LogP contribution in [0.2, 0.25) is 0 Å². The number of carbonyl (C=O) groups is 1. The number of hydrogen-bond donors (Lipinski definition) is 1. The Morgan fingerprint density at radius 3 is 2.46 bits per heavy atom. The van der Waals surface area contributed by atoms with Gasteiger partial charge in [0.2, 0.25) is 5.78 Å². The number of para-hydroxylation sites is 2. The summed E-state index contributed by atoms with van der Waals surface area (Å²) in [6.07, 6.45) is 1.88. The number of fused-ring (bicyclic) bond motifs is 3. The maximum atomic E-state index is 13.1. The largest absolute Gasteiger partial charge is 0.322 e. The van der Waals surface area contributed by atoms with Gasteiger partial charge in [-0.05, 0) is 48.4 Å². The van der Waals surface area contributed by atoms with E-state index in [4.69, 9.17) is 0 Å². The fourth-order valence-electron chi connectivity index (χ4n) is 3.97. The van der Waals surface area contributed by atoms with Crippen LogP contribution in [0.5, 0.6) is 0 Å². The van der Waals surface area contributed by atoms with E-state index in [0.29, 0.717) is 29.0 Å². The highest BCUT2D eigenvalue weighted by molar-refractivity contribution is 7.98. The summed E-state index contributed by atoms with van der Waals surface area (Å²) < 4.78 is 3.70. The second-order valence-electron chi connectivity index (χ2n) is 8.25. The molecule has 2 aromatic heterocycles. The maximum absolute atomic E-state index is 13.1. The third-order valence-corrected chi connectivity index (χ3v) is 6.83. The highest BCUT2D eigenvalue weighted by atomic mass is 32.2. The number of nitrogens with one attached hydrogen (secondary N) is 1. The topological polar surface area (TPSA) is 81.3 Å². The lowest BCUT2D eigenvalue weighted by Crippen LogP contribution is -2.23. The normalized spacial score (nSPS) is 11.2. The van der Waals surface area contributed by atoms with E-state index in [1.165, 1.54) is 0 Å². The van der Waals surface area contributed by atoms with Crippen LogP contribution in [0.25, 0.3) is 16.7 Å². The second kappa shape index (κ2) is 10.1. The SMILES string of the molecule is CCCCn1c(=O)c2ccccc2n2c(SCc3ccc(C(=O)Nc4ccccc4)cc3)nnc12. The van der Waals surface area contributed by atoms with Gasteiger partial charge in [0.1, 0.15) is 0 Å².